The van der Waals surface area contributed by atoms with Crippen molar-refractivity contribution in [2.24, 2.45) is 0 Å². The number of aryl methyl sites for hydroxylation is 1. The summed E-state index contributed by atoms with van der Waals surface area (Å²) in [4.78, 5) is 0. The number of fused-ring (bicyclic) bond motifs is 1. The molecule has 1 aliphatic rings. The number of benzene rings is 1. The topological polar surface area (TPSA) is 81.7 Å². The predicted octanol–water partition coefficient (Wildman–Crippen LogP) is 2.52. The molecular weight excluding hydrogens is 304 g/mol. The van der Waals surface area contributed by atoms with Crippen molar-refractivity contribution < 1.29 is 4.42 Å². The van der Waals surface area contributed by atoms with Crippen LogP contribution in [-0.2, 0) is 19.5 Å². The van der Waals surface area contributed by atoms with E-state index in [-0.39, 0.29) is 6.04 Å². The van der Waals surface area contributed by atoms with Crippen LogP contribution in [-0.4, -0.2) is 25.0 Å². The zero-order chi connectivity index (χ0) is 16.4. The van der Waals surface area contributed by atoms with Crippen molar-refractivity contribution in [1.29, 1.82) is 0 Å². The fourth-order valence-corrected chi connectivity index (χ4v) is 3.01. The molecule has 7 nitrogen and oxygen atoms in total. The van der Waals surface area contributed by atoms with Gasteiger partial charge >= 0.3 is 0 Å². The molecule has 0 saturated carbocycles. The lowest BCUT2D eigenvalue weighted by molar-refractivity contribution is 0.428. The Morgan fingerprint density at radius 1 is 1.12 bits per heavy atom. The zero-order valence-corrected chi connectivity index (χ0v) is 13.6. The summed E-state index contributed by atoms with van der Waals surface area (Å²) in [6.45, 7) is 3.59. The van der Waals surface area contributed by atoms with E-state index in [1.165, 1.54) is 12.8 Å². The fourth-order valence-electron chi connectivity index (χ4n) is 3.01. The van der Waals surface area contributed by atoms with Crippen LogP contribution in [0.15, 0.2) is 34.7 Å². The van der Waals surface area contributed by atoms with Gasteiger partial charge in [-0.1, -0.05) is 18.2 Å². The fraction of sp³-hybridized carbons (Fsp3) is 0.412. The van der Waals surface area contributed by atoms with Crippen molar-refractivity contribution in [3.63, 3.8) is 0 Å². The highest BCUT2D eigenvalue weighted by Gasteiger charge is 2.20. The lowest BCUT2D eigenvalue weighted by Gasteiger charge is -2.18. The normalized spacial score (nSPS) is 15.2. The van der Waals surface area contributed by atoms with E-state index >= 15 is 0 Å². The Morgan fingerprint density at radius 3 is 2.88 bits per heavy atom. The summed E-state index contributed by atoms with van der Waals surface area (Å²) < 4.78 is 7.95. The lowest BCUT2D eigenvalue weighted by Crippen LogP contribution is -2.23. The molecular formula is C17H20N6O. The number of nitrogens with one attached hydrogen (secondary N) is 1. The highest BCUT2D eigenvalue weighted by atomic mass is 16.4. The van der Waals surface area contributed by atoms with Crippen molar-refractivity contribution in [2.75, 3.05) is 0 Å². The molecule has 0 bridgehead atoms. The molecule has 7 heteroatoms. The van der Waals surface area contributed by atoms with Crippen molar-refractivity contribution in [3.8, 4) is 11.5 Å². The van der Waals surface area contributed by atoms with Crippen molar-refractivity contribution >= 4 is 0 Å². The average molecular weight is 324 g/mol. The van der Waals surface area contributed by atoms with E-state index in [0.29, 0.717) is 18.3 Å². The Hall–Kier alpha value is -2.54. The number of nitrogens with zero attached hydrogens (tertiary/aromatic N) is 5. The van der Waals surface area contributed by atoms with Gasteiger partial charge in [0.15, 0.2) is 0 Å². The molecule has 0 unspecified atom stereocenters. The van der Waals surface area contributed by atoms with Gasteiger partial charge in [0.2, 0.25) is 11.8 Å². The minimum absolute atomic E-state index is 0.0800. The van der Waals surface area contributed by atoms with E-state index in [9.17, 15) is 0 Å². The van der Waals surface area contributed by atoms with E-state index in [2.05, 4.69) is 37.2 Å². The maximum Gasteiger partial charge on any atom is 0.247 e. The summed E-state index contributed by atoms with van der Waals surface area (Å²) in [5.74, 6) is 3.18. The summed E-state index contributed by atoms with van der Waals surface area (Å²) in [6.07, 6.45) is 3.41. The monoisotopic (exact) mass is 324 g/mol. The Kier molecular flexibility index (Phi) is 4.08. The van der Waals surface area contributed by atoms with Gasteiger partial charge in [0, 0.05) is 18.5 Å². The molecule has 3 heterocycles. The molecule has 124 valence electrons. The van der Waals surface area contributed by atoms with Gasteiger partial charge in [0.05, 0.1) is 12.6 Å². The number of hydrogen-bond donors (Lipinski definition) is 1. The third-order valence-corrected chi connectivity index (χ3v) is 4.32. The molecule has 24 heavy (non-hydrogen) atoms. The Labute approximate surface area is 140 Å². The van der Waals surface area contributed by atoms with Crippen LogP contribution in [0.1, 0.15) is 43.3 Å². The molecule has 1 aliphatic heterocycles. The summed E-state index contributed by atoms with van der Waals surface area (Å²) in [5, 5.41) is 20.3. The molecule has 0 fully saturated rings. The highest BCUT2D eigenvalue weighted by Crippen LogP contribution is 2.20. The van der Waals surface area contributed by atoms with Crippen LogP contribution in [0.4, 0.5) is 0 Å². The average Bonchev–Trinajstić information content (AvgIpc) is 3.27. The molecule has 0 radical (unpaired) electrons. The Balaban J connectivity index is 1.42. The maximum atomic E-state index is 5.72. The minimum atomic E-state index is 0.0800. The van der Waals surface area contributed by atoms with Gasteiger partial charge in [-0.15, -0.1) is 20.4 Å². The summed E-state index contributed by atoms with van der Waals surface area (Å²) in [7, 11) is 0. The molecule has 4 rings (SSSR count). The molecule has 1 N–H and O–H groups in total. The van der Waals surface area contributed by atoms with Crippen LogP contribution < -0.4 is 5.32 Å². The van der Waals surface area contributed by atoms with Crippen LogP contribution in [0.5, 0.6) is 0 Å². The first kappa shape index (κ1) is 15.0. The van der Waals surface area contributed by atoms with Gasteiger partial charge < -0.3 is 8.98 Å². The van der Waals surface area contributed by atoms with E-state index in [1.807, 2.05) is 30.3 Å². The highest BCUT2D eigenvalue weighted by molar-refractivity contribution is 5.51. The predicted molar refractivity (Wildman–Crippen MR) is 87.9 cm³/mol. The molecule has 3 aromatic rings. The van der Waals surface area contributed by atoms with E-state index in [4.69, 9.17) is 4.42 Å². The summed E-state index contributed by atoms with van der Waals surface area (Å²) >= 11 is 0. The first-order valence-electron chi connectivity index (χ1n) is 8.34. The first-order chi connectivity index (χ1) is 11.8. The Morgan fingerprint density at radius 2 is 2.00 bits per heavy atom. The number of hydrogen-bond acceptors (Lipinski definition) is 6. The van der Waals surface area contributed by atoms with E-state index < -0.39 is 0 Å². The van der Waals surface area contributed by atoms with Crippen LogP contribution in [0.25, 0.3) is 11.5 Å². The van der Waals surface area contributed by atoms with Gasteiger partial charge in [-0.25, -0.2) is 0 Å². The van der Waals surface area contributed by atoms with Crippen LogP contribution in [0.3, 0.4) is 0 Å². The molecule has 0 amide bonds. The molecule has 1 atom stereocenters. The van der Waals surface area contributed by atoms with Crippen molar-refractivity contribution in [3.05, 3.63) is 47.9 Å². The second-order valence-electron chi connectivity index (χ2n) is 6.05. The van der Waals surface area contributed by atoms with Crippen LogP contribution >= 0.6 is 0 Å². The smallest absolute Gasteiger partial charge is 0.247 e. The SMILES string of the molecule is C[C@H](NCc1nnc(-c2ccccc2)o1)c1nnc2n1CCCC2. The van der Waals surface area contributed by atoms with E-state index in [1.54, 1.807) is 0 Å². The van der Waals surface area contributed by atoms with Gasteiger partial charge in [0.1, 0.15) is 11.6 Å². The van der Waals surface area contributed by atoms with E-state index in [0.717, 1.165) is 30.2 Å². The van der Waals surface area contributed by atoms with Gasteiger partial charge in [-0.05, 0) is 31.9 Å². The van der Waals surface area contributed by atoms with Gasteiger partial charge in [-0.3, -0.25) is 5.32 Å². The van der Waals surface area contributed by atoms with Gasteiger partial charge in [0.25, 0.3) is 0 Å². The lowest BCUT2D eigenvalue weighted by atomic mass is 10.1. The molecule has 1 aromatic carbocycles. The molecule has 0 saturated heterocycles. The largest absolute Gasteiger partial charge is 0.419 e. The summed E-state index contributed by atoms with van der Waals surface area (Å²) in [6, 6.07) is 9.85. The molecule has 0 aliphatic carbocycles. The van der Waals surface area contributed by atoms with Gasteiger partial charge in [-0.2, -0.15) is 0 Å². The standard InChI is InChI=1S/C17H20N6O/c1-12(16-21-19-14-9-5-6-10-23(14)16)18-11-15-20-22-17(24-15)13-7-3-2-4-8-13/h2-4,7-8,12,18H,5-6,9-11H2,1H3/t12-/m0/s1. The van der Waals surface area contributed by atoms with Crippen molar-refractivity contribution in [2.45, 2.75) is 45.3 Å². The zero-order valence-electron chi connectivity index (χ0n) is 13.6. The molecule has 2 aromatic heterocycles. The second-order valence-corrected chi connectivity index (χ2v) is 6.05. The second kappa shape index (κ2) is 6.52. The maximum absolute atomic E-state index is 5.72. The number of rotatable bonds is 5. The minimum Gasteiger partial charge on any atom is -0.419 e. The number of aromatic nitrogens is 5. The Bertz CT molecular complexity index is 810. The van der Waals surface area contributed by atoms with Crippen LogP contribution in [0, 0.1) is 0 Å². The third-order valence-electron chi connectivity index (χ3n) is 4.32. The summed E-state index contributed by atoms with van der Waals surface area (Å²) in [5.41, 5.74) is 0.927. The first-order valence-corrected chi connectivity index (χ1v) is 8.34. The van der Waals surface area contributed by atoms with Crippen LogP contribution in [0.2, 0.25) is 0 Å². The molecule has 0 spiro atoms. The third kappa shape index (κ3) is 2.94. The van der Waals surface area contributed by atoms with Crippen molar-refractivity contribution in [1.82, 2.24) is 30.3 Å². The quantitative estimate of drug-likeness (QED) is 0.776.